The molecule has 106 valence electrons. The molecule has 3 atom stereocenters. The quantitative estimate of drug-likeness (QED) is 0.782. The number of hydrogen-bond donors (Lipinski definition) is 1. The summed E-state index contributed by atoms with van der Waals surface area (Å²) in [7, 11) is 0. The maximum absolute atomic E-state index is 10.5. The van der Waals surface area contributed by atoms with Gasteiger partial charge in [-0.25, -0.2) is 0 Å². The van der Waals surface area contributed by atoms with Crippen LogP contribution in [-0.2, 0) is 6.42 Å². The molecule has 0 saturated heterocycles. The van der Waals surface area contributed by atoms with Gasteiger partial charge in [0.1, 0.15) is 0 Å². The molecule has 2 heteroatoms. The van der Waals surface area contributed by atoms with Crippen molar-refractivity contribution in [1.29, 1.82) is 0 Å². The fraction of sp³-hybridized carbons (Fsp3) is 0.647. The maximum atomic E-state index is 10.5. The zero-order valence-corrected chi connectivity index (χ0v) is 13.0. The van der Waals surface area contributed by atoms with Gasteiger partial charge < -0.3 is 5.11 Å². The van der Waals surface area contributed by atoms with Crippen LogP contribution in [-0.4, -0.2) is 16.5 Å². The predicted octanol–water partition coefficient (Wildman–Crippen LogP) is 4.67. The average molecular weight is 278 g/mol. The third kappa shape index (κ3) is 4.00. The second-order valence-corrected chi connectivity index (χ2v) is 6.97. The number of hydrogen-bond acceptors (Lipinski definition) is 2. The molecule has 1 aromatic carbocycles. The van der Waals surface area contributed by atoms with E-state index in [9.17, 15) is 5.11 Å². The van der Waals surface area contributed by atoms with E-state index in [4.69, 9.17) is 0 Å². The Balaban J connectivity index is 1.86. The van der Waals surface area contributed by atoms with Crippen LogP contribution in [0.2, 0.25) is 0 Å². The Morgan fingerprint density at radius 3 is 2.79 bits per heavy atom. The third-order valence-electron chi connectivity index (χ3n) is 4.22. The molecule has 19 heavy (non-hydrogen) atoms. The lowest BCUT2D eigenvalue weighted by molar-refractivity contribution is 0.135. The molecule has 0 aromatic heterocycles. The van der Waals surface area contributed by atoms with E-state index >= 15 is 0 Å². The first-order valence-electron chi connectivity index (χ1n) is 7.67. The molecule has 0 amide bonds. The van der Waals surface area contributed by atoms with Crippen molar-refractivity contribution in [3.8, 4) is 0 Å². The Morgan fingerprint density at radius 1 is 1.32 bits per heavy atom. The summed E-state index contributed by atoms with van der Waals surface area (Å²) in [5, 5.41) is 10.9. The molecule has 0 saturated carbocycles. The van der Waals surface area contributed by atoms with Crippen LogP contribution in [0.3, 0.4) is 0 Å². The molecule has 1 heterocycles. The Hall–Kier alpha value is -0.470. The van der Waals surface area contributed by atoms with E-state index in [2.05, 4.69) is 38.1 Å². The van der Waals surface area contributed by atoms with Crippen LogP contribution in [0.5, 0.6) is 0 Å². The molecule has 1 nitrogen and oxygen atoms in total. The van der Waals surface area contributed by atoms with E-state index in [1.165, 1.54) is 36.1 Å². The molecule has 1 N–H and O–H groups in total. The van der Waals surface area contributed by atoms with Crippen molar-refractivity contribution >= 4 is 11.8 Å². The topological polar surface area (TPSA) is 20.2 Å². The highest BCUT2D eigenvalue weighted by molar-refractivity contribution is 8.00. The summed E-state index contributed by atoms with van der Waals surface area (Å²) in [5.41, 5.74) is 1.41. The summed E-state index contributed by atoms with van der Waals surface area (Å²) in [4.78, 5) is 1.37. The zero-order valence-electron chi connectivity index (χ0n) is 12.1. The molecule has 3 unspecified atom stereocenters. The van der Waals surface area contributed by atoms with E-state index < -0.39 is 0 Å². The van der Waals surface area contributed by atoms with Gasteiger partial charge in [0.25, 0.3) is 0 Å². The van der Waals surface area contributed by atoms with Crippen LogP contribution in [0, 0.1) is 5.92 Å². The van der Waals surface area contributed by atoms with Gasteiger partial charge in [-0.15, -0.1) is 11.8 Å². The first-order chi connectivity index (χ1) is 9.24. The van der Waals surface area contributed by atoms with Crippen LogP contribution in [0.4, 0.5) is 0 Å². The molecule has 0 bridgehead atoms. The van der Waals surface area contributed by atoms with Crippen LogP contribution in [0.25, 0.3) is 0 Å². The normalized spacial score (nSPS) is 21.1. The summed E-state index contributed by atoms with van der Waals surface area (Å²) in [6.07, 6.45) is 6.88. The smallest absolute Gasteiger partial charge is 0.0668 e. The molecule has 0 aliphatic carbocycles. The Bertz CT molecular complexity index is 366. The summed E-state index contributed by atoms with van der Waals surface area (Å²) in [6.45, 7) is 4.50. The van der Waals surface area contributed by atoms with Crippen LogP contribution in [0.1, 0.15) is 51.5 Å². The number of thioether (sulfide) groups is 1. The van der Waals surface area contributed by atoms with Gasteiger partial charge in [0.05, 0.1) is 6.10 Å². The zero-order chi connectivity index (χ0) is 13.7. The lowest BCUT2D eigenvalue weighted by Gasteiger charge is -2.22. The second kappa shape index (κ2) is 7.35. The number of unbranched alkanes of at least 4 members (excludes halogenated alkanes) is 1. The Kier molecular flexibility index (Phi) is 5.77. The number of fused-ring (bicyclic) bond motifs is 1. The van der Waals surface area contributed by atoms with Gasteiger partial charge in [0.15, 0.2) is 0 Å². The standard InChI is InChI=1S/C17H26OS/c1-3-5-8-13(4-2)11-15(18)17-12-14-9-6-7-10-16(14)19-17/h6-7,9-10,13,15,17-18H,3-5,8,11-12H2,1-2H3. The van der Waals surface area contributed by atoms with Crippen molar-refractivity contribution in [3.05, 3.63) is 29.8 Å². The van der Waals surface area contributed by atoms with Crippen molar-refractivity contribution < 1.29 is 5.11 Å². The SMILES string of the molecule is CCCCC(CC)CC(O)C1Cc2ccccc2S1. The summed E-state index contributed by atoms with van der Waals surface area (Å²) >= 11 is 1.87. The van der Waals surface area contributed by atoms with Crippen LogP contribution >= 0.6 is 11.8 Å². The van der Waals surface area contributed by atoms with E-state index in [-0.39, 0.29) is 6.10 Å². The summed E-state index contributed by atoms with van der Waals surface area (Å²) in [6, 6.07) is 8.57. The fourth-order valence-electron chi connectivity index (χ4n) is 2.90. The highest BCUT2D eigenvalue weighted by Crippen LogP contribution is 2.39. The van der Waals surface area contributed by atoms with Gasteiger partial charge in [-0.1, -0.05) is 57.7 Å². The minimum absolute atomic E-state index is 0.154. The Morgan fingerprint density at radius 2 is 2.11 bits per heavy atom. The average Bonchev–Trinajstić information content (AvgIpc) is 2.87. The van der Waals surface area contributed by atoms with Gasteiger partial charge in [-0.2, -0.15) is 0 Å². The monoisotopic (exact) mass is 278 g/mol. The largest absolute Gasteiger partial charge is 0.392 e. The molecule has 0 radical (unpaired) electrons. The highest BCUT2D eigenvalue weighted by Gasteiger charge is 2.29. The summed E-state index contributed by atoms with van der Waals surface area (Å²) in [5.74, 6) is 0.694. The first-order valence-corrected chi connectivity index (χ1v) is 8.55. The van der Waals surface area contributed by atoms with Crippen LogP contribution in [0.15, 0.2) is 29.2 Å². The van der Waals surface area contributed by atoms with Crippen LogP contribution < -0.4 is 0 Å². The Labute approximate surface area is 121 Å². The minimum atomic E-state index is -0.154. The maximum Gasteiger partial charge on any atom is 0.0668 e. The van der Waals surface area contributed by atoms with E-state index in [1.807, 2.05) is 11.8 Å². The molecule has 0 spiro atoms. The van der Waals surface area contributed by atoms with Crippen molar-refractivity contribution in [2.45, 2.75) is 68.6 Å². The van der Waals surface area contributed by atoms with E-state index in [0.717, 1.165) is 12.8 Å². The van der Waals surface area contributed by atoms with Gasteiger partial charge >= 0.3 is 0 Å². The number of aliphatic hydroxyl groups excluding tert-OH is 1. The van der Waals surface area contributed by atoms with E-state index in [0.29, 0.717) is 11.2 Å². The number of benzene rings is 1. The fourth-order valence-corrected chi connectivity index (χ4v) is 4.22. The van der Waals surface area contributed by atoms with Gasteiger partial charge in [-0.3, -0.25) is 0 Å². The van der Waals surface area contributed by atoms with Crippen molar-refractivity contribution in [3.63, 3.8) is 0 Å². The van der Waals surface area contributed by atoms with Gasteiger partial charge in [0, 0.05) is 10.1 Å². The number of rotatable bonds is 7. The summed E-state index contributed by atoms with van der Waals surface area (Å²) < 4.78 is 0. The van der Waals surface area contributed by atoms with Crippen molar-refractivity contribution in [2.75, 3.05) is 0 Å². The highest BCUT2D eigenvalue weighted by atomic mass is 32.2. The van der Waals surface area contributed by atoms with E-state index in [1.54, 1.807) is 0 Å². The second-order valence-electron chi connectivity index (χ2n) is 5.69. The van der Waals surface area contributed by atoms with Crippen molar-refractivity contribution in [1.82, 2.24) is 0 Å². The lowest BCUT2D eigenvalue weighted by Crippen LogP contribution is -2.25. The third-order valence-corrected chi connectivity index (χ3v) is 5.66. The molecular formula is C17H26OS. The molecule has 1 aromatic rings. The first kappa shape index (κ1) is 14.9. The number of aliphatic hydroxyl groups is 1. The minimum Gasteiger partial charge on any atom is -0.392 e. The van der Waals surface area contributed by atoms with Gasteiger partial charge in [-0.05, 0) is 30.4 Å². The van der Waals surface area contributed by atoms with Gasteiger partial charge in [0.2, 0.25) is 0 Å². The van der Waals surface area contributed by atoms with Crippen molar-refractivity contribution in [2.24, 2.45) is 5.92 Å². The molecule has 0 fully saturated rings. The molecule has 1 aliphatic heterocycles. The molecule has 2 rings (SSSR count). The predicted molar refractivity (Wildman–Crippen MR) is 83.7 cm³/mol. The molecular weight excluding hydrogens is 252 g/mol. The molecule has 1 aliphatic rings. The lowest BCUT2D eigenvalue weighted by atomic mass is 9.91.